The van der Waals surface area contributed by atoms with Gasteiger partial charge in [-0.15, -0.1) is 5.10 Å². The molecule has 0 unspecified atom stereocenters. The Morgan fingerprint density at radius 1 is 1.09 bits per heavy atom. The number of amides is 2. The number of hydrogen-bond acceptors (Lipinski definition) is 5. The SMILES string of the molecule is C/C=C(C(=O)Nc1cccc(Oc2ccc3nc(NC(=O)C4CC4)nn3c2)c1)\C(=C/C)C(F)(F)F. The molecule has 2 aromatic heterocycles. The molecule has 3 aromatic rings. The Balaban J connectivity index is 1.47. The number of allylic oxidation sites excluding steroid dienone is 2. The molecule has 1 fully saturated rings. The maximum Gasteiger partial charge on any atom is 0.416 e. The summed E-state index contributed by atoms with van der Waals surface area (Å²) < 4.78 is 47.0. The monoisotopic (exact) mass is 485 g/mol. The van der Waals surface area contributed by atoms with Crippen LogP contribution in [0.25, 0.3) is 5.65 Å². The van der Waals surface area contributed by atoms with E-state index in [2.05, 4.69) is 20.7 Å². The number of rotatable bonds is 7. The minimum Gasteiger partial charge on any atom is -0.456 e. The first kappa shape index (κ1) is 24.0. The van der Waals surface area contributed by atoms with Crippen LogP contribution in [0.15, 0.2) is 65.9 Å². The molecule has 0 saturated heterocycles. The molecule has 182 valence electrons. The van der Waals surface area contributed by atoms with Crippen molar-refractivity contribution in [1.29, 1.82) is 0 Å². The maximum absolute atomic E-state index is 13.2. The number of nitrogens with zero attached hydrogens (tertiary/aromatic N) is 3. The molecule has 2 N–H and O–H groups in total. The summed E-state index contributed by atoms with van der Waals surface area (Å²) in [5.74, 6) is -0.0332. The first-order chi connectivity index (χ1) is 16.7. The largest absolute Gasteiger partial charge is 0.456 e. The van der Waals surface area contributed by atoms with Crippen molar-refractivity contribution in [2.24, 2.45) is 5.92 Å². The second-order valence-electron chi connectivity index (χ2n) is 7.85. The van der Waals surface area contributed by atoms with Gasteiger partial charge < -0.3 is 10.1 Å². The van der Waals surface area contributed by atoms with Crippen LogP contribution >= 0.6 is 0 Å². The molecule has 0 atom stereocenters. The number of benzene rings is 1. The van der Waals surface area contributed by atoms with Crippen molar-refractivity contribution in [2.45, 2.75) is 32.9 Å². The lowest BCUT2D eigenvalue weighted by Gasteiger charge is -2.15. The van der Waals surface area contributed by atoms with E-state index in [1.54, 1.807) is 30.5 Å². The number of pyridine rings is 1. The van der Waals surface area contributed by atoms with Crippen LogP contribution in [0.2, 0.25) is 0 Å². The number of fused-ring (bicyclic) bond motifs is 1. The summed E-state index contributed by atoms with van der Waals surface area (Å²) in [5, 5.41) is 9.39. The average molecular weight is 485 g/mol. The minimum absolute atomic E-state index is 0.0233. The van der Waals surface area contributed by atoms with Crippen molar-refractivity contribution in [3.05, 3.63) is 65.9 Å². The number of ether oxygens (including phenoxy) is 1. The Morgan fingerprint density at radius 2 is 1.86 bits per heavy atom. The van der Waals surface area contributed by atoms with Crippen molar-refractivity contribution >= 4 is 29.1 Å². The third-order valence-corrected chi connectivity index (χ3v) is 5.23. The number of carbonyl (C=O) groups excluding carboxylic acids is 2. The van der Waals surface area contributed by atoms with E-state index in [-0.39, 0.29) is 23.5 Å². The minimum atomic E-state index is -4.65. The van der Waals surface area contributed by atoms with Crippen LogP contribution in [0.4, 0.5) is 24.8 Å². The molecular formula is C24H22F3N5O3. The van der Waals surface area contributed by atoms with Crippen LogP contribution in [0, 0.1) is 5.92 Å². The van der Waals surface area contributed by atoms with Crippen LogP contribution in [0.3, 0.4) is 0 Å². The quantitative estimate of drug-likeness (QED) is 0.351. The molecular weight excluding hydrogens is 463 g/mol. The molecule has 1 aliphatic rings. The Morgan fingerprint density at radius 3 is 2.51 bits per heavy atom. The van der Waals surface area contributed by atoms with E-state index < -0.39 is 23.2 Å². The zero-order valence-electron chi connectivity index (χ0n) is 18.9. The van der Waals surface area contributed by atoms with E-state index in [9.17, 15) is 22.8 Å². The van der Waals surface area contributed by atoms with Gasteiger partial charge in [0.2, 0.25) is 11.9 Å². The average Bonchev–Trinajstić information content (AvgIpc) is 3.57. The fraction of sp³-hybridized carbons (Fsp3) is 0.250. The van der Waals surface area contributed by atoms with Crippen molar-refractivity contribution in [3.63, 3.8) is 0 Å². The fourth-order valence-electron chi connectivity index (χ4n) is 3.39. The second-order valence-corrected chi connectivity index (χ2v) is 7.85. The van der Waals surface area contributed by atoms with Crippen LogP contribution < -0.4 is 15.4 Å². The Labute approximate surface area is 198 Å². The lowest BCUT2D eigenvalue weighted by atomic mass is 10.0. The molecule has 2 amide bonds. The zero-order chi connectivity index (χ0) is 25.2. The Bertz CT molecular complexity index is 1340. The number of aromatic nitrogens is 3. The van der Waals surface area contributed by atoms with Gasteiger partial charge in [-0.2, -0.15) is 18.2 Å². The highest BCUT2D eigenvalue weighted by atomic mass is 19.4. The summed E-state index contributed by atoms with van der Waals surface area (Å²) in [6.07, 6.45) is 0.626. The summed E-state index contributed by atoms with van der Waals surface area (Å²) >= 11 is 0. The third-order valence-electron chi connectivity index (χ3n) is 5.23. The summed E-state index contributed by atoms with van der Waals surface area (Å²) in [5.41, 5.74) is -0.726. The zero-order valence-corrected chi connectivity index (χ0v) is 18.9. The first-order valence-corrected chi connectivity index (χ1v) is 10.8. The van der Waals surface area contributed by atoms with Gasteiger partial charge in [-0.3, -0.25) is 14.9 Å². The van der Waals surface area contributed by atoms with Crippen LogP contribution in [-0.2, 0) is 9.59 Å². The number of halogens is 3. The number of anilines is 2. The number of alkyl halides is 3. The smallest absolute Gasteiger partial charge is 0.416 e. The first-order valence-electron chi connectivity index (χ1n) is 10.8. The van der Waals surface area contributed by atoms with E-state index in [1.165, 1.54) is 30.5 Å². The van der Waals surface area contributed by atoms with E-state index >= 15 is 0 Å². The molecule has 2 heterocycles. The molecule has 8 nitrogen and oxygen atoms in total. The highest BCUT2D eigenvalue weighted by Gasteiger charge is 2.37. The van der Waals surface area contributed by atoms with Gasteiger partial charge in [0.1, 0.15) is 11.5 Å². The number of nitrogens with one attached hydrogen (secondary N) is 2. The van der Waals surface area contributed by atoms with Gasteiger partial charge >= 0.3 is 6.18 Å². The van der Waals surface area contributed by atoms with Gasteiger partial charge in [0, 0.05) is 23.2 Å². The summed E-state index contributed by atoms with van der Waals surface area (Å²) in [6.45, 7) is 2.59. The van der Waals surface area contributed by atoms with Crippen LogP contribution in [-0.4, -0.2) is 32.6 Å². The fourth-order valence-corrected chi connectivity index (χ4v) is 3.39. The Hall–Kier alpha value is -4.15. The van der Waals surface area contributed by atoms with Crippen molar-refractivity contribution in [3.8, 4) is 11.5 Å². The highest BCUT2D eigenvalue weighted by Crippen LogP contribution is 2.32. The predicted molar refractivity (Wildman–Crippen MR) is 123 cm³/mol. The molecule has 1 saturated carbocycles. The predicted octanol–water partition coefficient (Wildman–Crippen LogP) is 5.26. The van der Waals surface area contributed by atoms with E-state index in [4.69, 9.17) is 4.74 Å². The lowest BCUT2D eigenvalue weighted by molar-refractivity contribution is -0.117. The Kier molecular flexibility index (Phi) is 6.59. The molecule has 35 heavy (non-hydrogen) atoms. The normalized spacial score (nSPS) is 14.7. The van der Waals surface area contributed by atoms with Gasteiger partial charge in [-0.25, -0.2) is 4.52 Å². The molecule has 0 radical (unpaired) electrons. The third kappa shape index (κ3) is 5.68. The van der Waals surface area contributed by atoms with Gasteiger partial charge in [-0.05, 0) is 51.0 Å². The molecule has 1 aliphatic carbocycles. The standard InChI is InChI=1S/C24H22F3N5O3/c1-3-18(19(4-2)24(25,26)27)22(34)28-15-6-5-7-16(12-15)35-17-10-11-20-29-23(31-32(20)13-17)30-21(33)14-8-9-14/h3-7,10-14H,8-9H2,1-2H3,(H,28,34)(H,30,31,33)/b18-3+,19-4+. The highest BCUT2D eigenvalue weighted by molar-refractivity contribution is 6.07. The molecule has 0 spiro atoms. The van der Waals surface area contributed by atoms with E-state index in [1.807, 2.05) is 0 Å². The molecule has 0 bridgehead atoms. The van der Waals surface area contributed by atoms with Crippen molar-refractivity contribution in [2.75, 3.05) is 10.6 Å². The molecule has 1 aromatic carbocycles. The molecule has 11 heteroatoms. The van der Waals surface area contributed by atoms with Gasteiger partial charge in [0.05, 0.1) is 11.8 Å². The summed E-state index contributed by atoms with van der Waals surface area (Å²) in [6, 6.07) is 9.57. The number of carbonyl (C=O) groups is 2. The van der Waals surface area contributed by atoms with Crippen LogP contribution in [0.5, 0.6) is 11.5 Å². The van der Waals surface area contributed by atoms with Gasteiger partial charge in [0.25, 0.3) is 5.91 Å². The lowest BCUT2D eigenvalue weighted by Crippen LogP contribution is -2.23. The van der Waals surface area contributed by atoms with Crippen LogP contribution in [0.1, 0.15) is 26.7 Å². The molecule has 4 rings (SSSR count). The second kappa shape index (κ2) is 9.61. The van der Waals surface area contributed by atoms with Crippen molar-refractivity contribution < 1.29 is 27.5 Å². The van der Waals surface area contributed by atoms with Crippen molar-refractivity contribution in [1.82, 2.24) is 14.6 Å². The van der Waals surface area contributed by atoms with E-state index in [0.717, 1.165) is 25.0 Å². The maximum atomic E-state index is 13.2. The summed E-state index contributed by atoms with van der Waals surface area (Å²) in [7, 11) is 0. The topological polar surface area (TPSA) is 97.6 Å². The number of hydrogen-bond donors (Lipinski definition) is 2. The van der Waals surface area contributed by atoms with Gasteiger partial charge in [0.15, 0.2) is 5.65 Å². The van der Waals surface area contributed by atoms with E-state index in [0.29, 0.717) is 17.1 Å². The summed E-state index contributed by atoms with van der Waals surface area (Å²) in [4.78, 5) is 28.7. The molecule has 0 aliphatic heterocycles. The van der Waals surface area contributed by atoms with Gasteiger partial charge in [-0.1, -0.05) is 18.2 Å².